The van der Waals surface area contributed by atoms with Crippen LogP contribution in [0.5, 0.6) is 0 Å². The van der Waals surface area contributed by atoms with Gasteiger partial charge in [-0.15, -0.1) is 10.2 Å². The van der Waals surface area contributed by atoms with E-state index in [1.54, 1.807) is 14.0 Å². The van der Waals surface area contributed by atoms with E-state index in [-0.39, 0.29) is 18.6 Å². The first-order valence-corrected chi connectivity index (χ1v) is 14.2. The highest BCUT2D eigenvalue weighted by molar-refractivity contribution is 5.87. The maximum absolute atomic E-state index is 11.8. The number of hydrogen-bond acceptors (Lipinski definition) is 7. The van der Waals surface area contributed by atoms with Crippen molar-refractivity contribution < 1.29 is 23.4 Å². The molecule has 4 rings (SSSR count). The molecule has 0 radical (unpaired) electrons. The molecule has 4 aromatic rings. The molecule has 1 aromatic heterocycles. The van der Waals surface area contributed by atoms with Crippen LogP contribution < -0.4 is 0 Å². The van der Waals surface area contributed by atoms with Crippen LogP contribution in [0.25, 0.3) is 22.9 Å². The van der Waals surface area contributed by atoms with Crippen LogP contribution in [0.2, 0.25) is 0 Å². The fraction of sp³-hybridized carbons (Fsp3) is 0.343. The van der Waals surface area contributed by atoms with Crippen molar-refractivity contribution in [3.63, 3.8) is 0 Å². The van der Waals surface area contributed by atoms with Gasteiger partial charge in [0.15, 0.2) is 0 Å². The molecular formula is C35H40N2O5. The van der Waals surface area contributed by atoms with E-state index in [0.717, 1.165) is 24.0 Å². The SMILES string of the molecule is C=C(C)C(=O)OC(COC)COCCc1ccc(Cc2ccc(-c3nnc(-c4ccc(C(C)(C)C)cc4)o3)cc2)cc1. The van der Waals surface area contributed by atoms with Crippen LogP contribution in [0.1, 0.15) is 49.9 Å². The Labute approximate surface area is 248 Å². The van der Waals surface area contributed by atoms with Crippen molar-refractivity contribution >= 4 is 5.97 Å². The van der Waals surface area contributed by atoms with Gasteiger partial charge in [-0.05, 0) is 71.7 Å². The number of ether oxygens (including phenoxy) is 3. The third kappa shape index (κ3) is 8.71. The van der Waals surface area contributed by atoms with E-state index < -0.39 is 12.1 Å². The van der Waals surface area contributed by atoms with Crippen LogP contribution in [0.3, 0.4) is 0 Å². The van der Waals surface area contributed by atoms with Gasteiger partial charge >= 0.3 is 5.97 Å². The van der Waals surface area contributed by atoms with Gasteiger partial charge in [-0.2, -0.15) is 0 Å². The third-order valence-electron chi connectivity index (χ3n) is 6.87. The highest BCUT2D eigenvalue weighted by atomic mass is 16.6. The van der Waals surface area contributed by atoms with E-state index in [1.165, 1.54) is 22.3 Å². The lowest BCUT2D eigenvalue weighted by Gasteiger charge is -2.18. The summed E-state index contributed by atoms with van der Waals surface area (Å²) in [6.45, 7) is 12.9. The smallest absolute Gasteiger partial charge is 0.333 e. The van der Waals surface area contributed by atoms with Crippen molar-refractivity contribution in [3.8, 4) is 22.9 Å². The maximum atomic E-state index is 11.8. The largest absolute Gasteiger partial charge is 0.454 e. The summed E-state index contributed by atoms with van der Waals surface area (Å²) in [7, 11) is 1.56. The van der Waals surface area contributed by atoms with Gasteiger partial charge in [-0.25, -0.2) is 4.79 Å². The van der Waals surface area contributed by atoms with Gasteiger partial charge in [0.2, 0.25) is 11.8 Å². The van der Waals surface area contributed by atoms with Crippen LogP contribution in [0, 0.1) is 0 Å². The highest BCUT2D eigenvalue weighted by Crippen LogP contribution is 2.28. The minimum absolute atomic E-state index is 0.0942. The molecule has 0 aliphatic heterocycles. The molecule has 1 unspecified atom stereocenters. The number of carbonyl (C=O) groups is 1. The predicted molar refractivity (Wildman–Crippen MR) is 164 cm³/mol. The Morgan fingerprint density at radius 3 is 1.88 bits per heavy atom. The van der Waals surface area contributed by atoms with Gasteiger partial charge in [0.25, 0.3) is 0 Å². The summed E-state index contributed by atoms with van der Waals surface area (Å²) in [6.07, 6.45) is 1.12. The molecule has 0 N–H and O–H groups in total. The normalized spacial score (nSPS) is 12.2. The molecule has 0 saturated heterocycles. The van der Waals surface area contributed by atoms with Crippen LogP contribution in [0.4, 0.5) is 0 Å². The molecule has 0 fully saturated rings. The number of nitrogens with zero attached hydrogens (tertiary/aromatic N) is 2. The standard InChI is InChI=1S/C35H40N2O5/c1-24(2)34(38)41-31(22-39-6)23-40-20-19-25-7-9-26(10-8-25)21-27-11-13-28(14-12-27)32-36-37-33(42-32)29-15-17-30(18-16-29)35(3,4)5/h7-18,31H,1,19-23H2,2-6H3. The molecule has 220 valence electrons. The molecule has 1 atom stereocenters. The van der Waals surface area contributed by atoms with Crippen molar-refractivity contribution in [3.05, 3.63) is 107 Å². The van der Waals surface area contributed by atoms with Crippen molar-refractivity contribution in [2.24, 2.45) is 0 Å². The van der Waals surface area contributed by atoms with Gasteiger partial charge in [-0.3, -0.25) is 0 Å². The molecule has 7 nitrogen and oxygen atoms in total. The summed E-state index contributed by atoms with van der Waals surface area (Å²) >= 11 is 0. The molecule has 0 spiro atoms. The van der Waals surface area contributed by atoms with Crippen LogP contribution in [-0.4, -0.2) is 49.2 Å². The Morgan fingerprint density at radius 1 is 0.833 bits per heavy atom. The first-order chi connectivity index (χ1) is 20.1. The monoisotopic (exact) mass is 568 g/mol. The molecule has 0 bridgehead atoms. The molecule has 0 amide bonds. The number of rotatable bonds is 13. The molecule has 0 aliphatic carbocycles. The molecule has 42 heavy (non-hydrogen) atoms. The van der Waals surface area contributed by atoms with E-state index in [0.29, 0.717) is 24.0 Å². The van der Waals surface area contributed by atoms with Crippen molar-refractivity contribution in [2.45, 2.75) is 52.1 Å². The fourth-order valence-electron chi connectivity index (χ4n) is 4.35. The van der Waals surface area contributed by atoms with Gasteiger partial charge in [0.1, 0.15) is 6.10 Å². The predicted octanol–water partition coefficient (Wildman–Crippen LogP) is 6.99. The first kappa shape index (κ1) is 30.9. The summed E-state index contributed by atoms with van der Waals surface area (Å²) in [6, 6.07) is 25.0. The lowest BCUT2D eigenvalue weighted by molar-refractivity contribution is -0.150. The maximum Gasteiger partial charge on any atom is 0.333 e. The molecule has 0 aliphatic rings. The van der Waals surface area contributed by atoms with Gasteiger partial charge in [0.05, 0.1) is 19.8 Å². The number of aromatic nitrogens is 2. The minimum atomic E-state index is -0.458. The zero-order valence-electron chi connectivity index (χ0n) is 25.2. The summed E-state index contributed by atoms with van der Waals surface area (Å²) in [5.41, 5.74) is 7.10. The van der Waals surface area contributed by atoms with Crippen LogP contribution in [0.15, 0.2) is 89.4 Å². The quantitative estimate of drug-likeness (QED) is 0.0977. The Morgan fingerprint density at radius 2 is 1.36 bits per heavy atom. The Kier molecular flexibility index (Phi) is 10.4. The molecule has 7 heteroatoms. The van der Waals surface area contributed by atoms with E-state index in [4.69, 9.17) is 18.6 Å². The zero-order valence-corrected chi connectivity index (χ0v) is 25.2. The second-order valence-electron chi connectivity index (χ2n) is 11.5. The molecular weight excluding hydrogens is 528 g/mol. The highest BCUT2D eigenvalue weighted by Gasteiger charge is 2.16. The minimum Gasteiger partial charge on any atom is -0.454 e. The fourth-order valence-corrected chi connectivity index (χ4v) is 4.35. The van der Waals surface area contributed by atoms with Gasteiger partial charge < -0.3 is 18.6 Å². The van der Waals surface area contributed by atoms with Crippen LogP contribution in [-0.2, 0) is 37.3 Å². The summed E-state index contributed by atoms with van der Waals surface area (Å²) in [5.74, 6) is 0.582. The first-order valence-electron chi connectivity index (χ1n) is 14.2. The van der Waals surface area contributed by atoms with E-state index in [1.807, 2.05) is 24.3 Å². The summed E-state index contributed by atoms with van der Waals surface area (Å²) < 4.78 is 22.2. The zero-order chi connectivity index (χ0) is 30.1. The Bertz CT molecular complexity index is 1450. The van der Waals surface area contributed by atoms with Gasteiger partial charge in [0, 0.05) is 23.8 Å². The summed E-state index contributed by atoms with van der Waals surface area (Å²) in [5, 5.41) is 8.53. The molecule has 0 saturated carbocycles. The van der Waals surface area contributed by atoms with Crippen molar-refractivity contribution in [1.29, 1.82) is 0 Å². The summed E-state index contributed by atoms with van der Waals surface area (Å²) in [4.78, 5) is 11.8. The van der Waals surface area contributed by atoms with E-state index in [9.17, 15) is 4.79 Å². The average Bonchev–Trinajstić information content (AvgIpc) is 3.47. The Balaban J connectivity index is 1.26. The number of carbonyl (C=O) groups excluding carboxylic acids is 1. The lowest BCUT2D eigenvalue weighted by Crippen LogP contribution is -2.28. The second-order valence-corrected chi connectivity index (χ2v) is 11.5. The van der Waals surface area contributed by atoms with E-state index >= 15 is 0 Å². The average molecular weight is 569 g/mol. The third-order valence-corrected chi connectivity index (χ3v) is 6.87. The topological polar surface area (TPSA) is 83.7 Å². The number of esters is 1. The number of hydrogen-bond donors (Lipinski definition) is 0. The number of benzene rings is 3. The molecule has 1 heterocycles. The van der Waals surface area contributed by atoms with Gasteiger partial charge in [-0.1, -0.05) is 75.9 Å². The van der Waals surface area contributed by atoms with E-state index in [2.05, 4.69) is 86.1 Å². The number of methoxy groups -OCH3 is 1. The molecule has 3 aromatic carbocycles. The lowest BCUT2D eigenvalue weighted by atomic mass is 9.87. The van der Waals surface area contributed by atoms with Crippen molar-refractivity contribution in [1.82, 2.24) is 10.2 Å². The Hall–Kier alpha value is -4.07. The van der Waals surface area contributed by atoms with Crippen LogP contribution >= 0.6 is 0 Å². The second kappa shape index (κ2) is 14.2. The van der Waals surface area contributed by atoms with Crippen molar-refractivity contribution in [2.75, 3.05) is 26.9 Å².